The molecule has 3 nitrogen and oxygen atoms in total. The van der Waals surface area contributed by atoms with Gasteiger partial charge in [-0.1, -0.05) is 0 Å². The van der Waals surface area contributed by atoms with Crippen molar-refractivity contribution in [1.82, 2.24) is 0 Å². The number of hydrogen-bond donors (Lipinski definition) is 1. The largest absolute Gasteiger partial charge is 0.364 e. The second-order valence-electron chi connectivity index (χ2n) is 4.48. The Morgan fingerprint density at radius 2 is 2.06 bits per heavy atom. The molecule has 5 heteroatoms. The van der Waals surface area contributed by atoms with Crippen LogP contribution in [-0.2, 0) is 4.79 Å². The molecule has 1 heterocycles. The first-order valence-corrected chi connectivity index (χ1v) is 5.71. The number of benzene rings is 1. The van der Waals surface area contributed by atoms with Crippen molar-refractivity contribution in [3.63, 3.8) is 0 Å². The number of fused-ring (bicyclic) bond motifs is 1. The monoisotopic (exact) mass is 238 g/mol. The van der Waals surface area contributed by atoms with Gasteiger partial charge in [0.05, 0.1) is 5.69 Å². The summed E-state index contributed by atoms with van der Waals surface area (Å²) < 4.78 is 27.1. The maximum Gasteiger partial charge on any atom is 0.226 e. The summed E-state index contributed by atoms with van der Waals surface area (Å²) in [5, 5.41) is 2.62. The number of nitrogens with one attached hydrogen (secondary N) is 1. The Balaban J connectivity index is 2.12. The highest BCUT2D eigenvalue weighted by Crippen LogP contribution is 2.39. The van der Waals surface area contributed by atoms with Crippen molar-refractivity contribution in [2.75, 3.05) is 16.8 Å². The van der Waals surface area contributed by atoms with Crippen LogP contribution in [0.1, 0.15) is 19.3 Å². The molecular weight excluding hydrogens is 226 g/mol. The third-order valence-electron chi connectivity index (χ3n) is 3.20. The van der Waals surface area contributed by atoms with Crippen LogP contribution in [0.5, 0.6) is 0 Å². The quantitative estimate of drug-likeness (QED) is 0.814. The highest BCUT2D eigenvalue weighted by molar-refractivity contribution is 5.96. The molecule has 1 aliphatic carbocycles. The first-order chi connectivity index (χ1) is 8.16. The lowest BCUT2D eigenvalue weighted by Gasteiger charge is -2.24. The summed E-state index contributed by atoms with van der Waals surface area (Å²) in [5.41, 5.74) is 0.580. The van der Waals surface area contributed by atoms with Gasteiger partial charge in [0, 0.05) is 19.0 Å². The van der Waals surface area contributed by atoms with Crippen LogP contribution < -0.4 is 10.2 Å². The topological polar surface area (TPSA) is 32.3 Å². The number of carbonyl (C=O) groups is 1. The summed E-state index contributed by atoms with van der Waals surface area (Å²) in [6, 6.07) is 2.72. The second-order valence-corrected chi connectivity index (χ2v) is 4.48. The van der Waals surface area contributed by atoms with Crippen LogP contribution in [0.4, 0.5) is 20.2 Å². The number of rotatable bonds is 1. The van der Waals surface area contributed by atoms with E-state index < -0.39 is 11.6 Å². The van der Waals surface area contributed by atoms with Crippen LogP contribution in [0.3, 0.4) is 0 Å². The molecule has 0 spiro atoms. The Hall–Kier alpha value is -1.65. The lowest BCUT2D eigenvalue weighted by atomic mass is 10.2. The molecule has 0 saturated heterocycles. The molecule has 0 unspecified atom stereocenters. The van der Waals surface area contributed by atoms with Gasteiger partial charge < -0.3 is 10.2 Å². The SMILES string of the molecule is O=C1CCN(C2CC2)c2c(ccc(F)c2F)N1. The van der Waals surface area contributed by atoms with Crippen molar-refractivity contribution >= 4 is 17.3 Å². The Bertz CT molecular complexity index is 486. The minimum atomic E-state index is -0.870. The van der Waals surface area contributed by atoms with Crippen LogP contribution in [0.2, 0.25) is 0 Å². The van der Waals surface area contributed by atoms with Crippen molar-refractivity contribution < 1.29 is 13.6 Å². The minimum Gasteiger partial charge on any atom is -0.364 e. The first kappa shape index (κ1) is 10.5. The highest BCUT2D eigenvalue weighted by atomic mass is 19.2. The van der Waals surface area contributed by atoms with Crippen molar-refractivity contribution in [2.45, 2.75) is 25.3 Å². The van der Waals surface area contributed by atoms with Crippen molar-refractivity contribution in [3.05, 3.63) is 23.8 Å². The van der Waals surface area contributed by atoms with Crippen LogP contribution >= 0.6 is 0 Å². The van der Waals surface area contributed by atoms with Gasteiger partial charge in [0.15, 0.2) is 11.6 Å². The third kappa shape index (κ3) is 1.75. The van der Waals surface area contributed by atoms with Crippen molar-refractivity contribution in [1.29, 1.82) is 0 Å². The molecule has 1 fully saturated rings. The van der Waals surface area contributed by atoms with E-state index in [4.69, 9.17) is 0 Å². The standard InChI is InChI=1S/C12H12F2N2O/c13-8-3-4-9-12(11(8)14)16(7-1-2-7)6-5-10(17)15-9/h3-4,7H,1-2,5-6H2,(H,15,17). The van der Waals surface area contributed by atoms with E-state index in [1.54, 1.807) is 0 Å². The zero-order valence-corrected chi connectivity index (χ0v) is 9.17. The van der Waals surface area contributed by atoms with Gasteiger partial charge in [-0.15, -0.1) is 0 Å². The molecule has 0 bridgehead atoms. The number of amides is 1. The number of hydrogen-bond acceptors (Lipinski definition) is 2. The predicted octanol–water partition coefficient (Wildman–Crippen LogP) is 2.28. The Morgan fingerprint density at radius 3 is 2.76 bits per heavy atom. The fraction of sp³-hybridized carbons (Fsp3) is 0.417. The average Bonchev–Trinajstić information content (AvgIpc) is 3.10. The number of anilines is 2. The summed E-state index contributed by atoms with van der Waals surface area (Å²) >= 11 is 0. The van der Waals surface area contributed by atoms with E-state index in [0.717, 1.165) is 18.9 Å². The van der Waals surface area contributed by atoms with Crippen molar-refractivity contribution in [2.24, 2.45) is 0 Å². The Labute approximate surface area is 97.4 Å². The van der Waals surface area contributed by atoms with Crippen LogP contribution in [0.25, 0.3) is 0 Å². The van der Waals surface area contributed by atoms with E-state index >= 15 is 0 Å². The predicted molar refractivity (Wildman–Crippen MR) is 60.0 cm³/mol. The zero-order chi connectivity index (χ0) is 12.0. The molecule has 90 valence electrons. The van der Waals surface area contributed by atoms with Crippen LogP contribution in [0, 0.1) is 11.6 Å². The summed E-state index contributed by atoms with van der Waals surface area (Å²) in [6.07, 6.45) is 2.26. The molecular formula is C12H12F2N2O. The Morgan fingerprint density at radius 1 is 1.29 bits per heavy atom. The molecule has 17 heavy (non-hydrogen) atoms. The summed E-state index contributed by atoms with van der Waals surface area (Å²) in [7, 11) is 0. The van der Waals surface area contributed by atoms with Crippen LogP contribution in [0.15, 0.2) is 12.1 Å². The second kappa shape index (κ2) is 3.68. The Kier molecular flexibility index (Phi) is 2.28. The molecule has 0 atom stereocenters. The van der Waals surface area contributed by atoms with Crippen LogP contribution in [-0.4, -0.2) is 18.5 Å². The van der Waals surface area contributed by atoms with Gasteiger partial charge >= 0.3 is 0 Å². The van der Waals surface area contributed by atoms with E-state index in [9.17, 15) is 13.6 Å². The van der Waals surface area contributed by atoms with Gasteiger partial charge in [-0.25, -0.2) is 8.78 Å². The summed E-state index contributed by atoms with van der Waals surface area (Å²) in [4.78, 5) is 13.3. The number of nitrogens with zero attached hydrogens (tertiary/aromatic N) is 1. The molecule has 1 aromatic carbocycles. The average molecular weight is 238 g/mol. The highest BCUT2D eigenvalue weighted by Gasteiger charge is 2.34. The zero-order valence-electron chi connectivity index (χ0n) is 9.17. The first-order valence-electron chi connectivity index (χ1n) is 5.71. The lowest BCUT2D eigenvalue weighted by Crippen LogP contribution is -2.27. The molecule has 1 amide bonds. The number of halogens is 2. The van der Waals surface area contributed by atoms with Gasteiger partial charge in [-0.05, 0) is 25.0 Å². The van der Waals surface area contributed by atoms with E-state index in [1.807, 2.05) is 4.90 Å². The fourth-order valence-corrected chi connectivity index (χ4v) is 2.22. The normalized spacial score (nSPS) is 19.6. The van der Waals surface area contributed by atoms with Gasteiger partial charge in [-0.2, -0.15) is 0 Å². The molecule has 1 aliphatic heterocycles. The van der Waals surface area contributed by atoms with E-state index in [1.165, 1.54) is 6.07 Å². The van der Waals surface area contributed by atoms with Crippen molar-refractivity contribution in [3.8, 4) is 0 Å². The molecule has 1 saturated carbocycles. The van der Waals surface area contributed by atoms with E-state index in [2.05, 4.69) is 5.32 Å². The number of carbonyl (C=O) groups excluding carboxylic acids is 1. The molecule has 0 aromatic heterocycles. The smallest absolute Gasteiger partial charge is 0.226 e. The summed E-state index contributed by atoms with van der Waals surface area (Å²) in [6.45, 7) is 0.448. The van der Waals surface area contributed by atoms with Gasteiger partial charge in [0.1, 0.15) is 5.69 Å². The molecule has 2 aliphatic rings. The third-order valence-corrected chi connectivity index (χ3v) is 3.20. The molecule has 1 N–H and O–H groups in total. The molecule has 1 aromatic rings. The van der Waals surface area contributed by atoms with Gasteiger partial charge in [-0.3, -0.25) is 4.79 Å². The fourth-order valence-electron chi connectivity index (χ4n) is 2.22. The molecule has 0 radical (unpaired) electrons. The van der Waals surface area contributed by atoms with E-state index in [-0.39, 0.29) is 17.6 Å². The van der Waals surface area contributed by atoms with Gasteiger partial charge in [0.25, 0.3) is 0 Å². The maximum atomic E-state index is 13.9. The minimum absolute atomic E-state index is 0.152. The van der Waals surface area contributed by atoms with E-state index in [0.29, 0.717) is 18.7 Å². The lowest BCUT2D eigenvalue weighted by molar-refractivity contribution is -0.115. The van der Waals surface area contributed by atoms with Gasteiger partial charge in [0.2, 0.25) is 5.91 Å². The molecule has 3 rings (SSSR count). The maximum absolute atomic E-state index is 13.9. The summed E-state index contributed by atoms with van der Waals surface area (Å²) in [5.74, 6) is -1.89.